The summed E-state index contributed by atoms with van der Waals surface area (Å²) in [6.45, 7) is 19.0. The van der Waals surface area contributed by atoms with Crippen molar-refractivity contribution < 1.29 is 21.0 Å². The molecule has 3 aromatic rings. The molecule has 0 heterocycles. The van der Waals surface area contributed by atoms with E-state index in [2.05, 4.69) is 146 Å². The van der Waals surface area contributed by atoms with Gasteiger partial charge in [0.25, 0.3) is 0 Å². The van der Waals surface area contributed by atoms with Gasteiger partial charge < -0.3 is 0 Å². The second-order valence-electron chi connectivity index (χ2n) is 13.2. The van der Waals surface area contributed by atoms with E-state index in [1.54, 1.807) is 14.4 Å². The Hall–Kier alpha value is -2.12. The number of fused-ring (bicyclic) bond motifs is 3. The molecule has 0 bridgehead atoms. The molecule has 0 N–H and O–H groups in total. The van der Waals surface area contributed by atoms with Crippen LogP contribution < -0.4 is 0 Å². The van der Waals surface area contributed by atoms with Gasteiger partial charge in [0.1, 0.15) is 0 Å². The van der Waals surface area contributed by atoms with E-state index in [0.29, 0.717) is 13.3 Å². The fourth-order valence-corrected chi connectivity index (χ4v) is 20.5. The molecule has 1 heteroatoms. The quantitative estimate of drug-likeness (QED) is 0.246. The van der Waals surface area contributed by atoms with E-state index in [0.717, 1.165) is 0 Å². The van der Waals surface area contributed by atoms with E-state index in [1.165, 1.54) is 27.8 Å². The maximum absolute atomic E-state index is 2.67. The van der Waals surface area contributed by atoms with Crippen molar-refractivity contribution in [2.24, 2.45) is 5.92 Å². The summed E-state index contributed by atoms with van der Waals surface area (Å²) in [4.78, 5) is 0. The zero-order valence-electron chi connectivity index (χ0n) is 23.9. The Morgan fingerprint density at radius 2 is 1.16 bits per heavy atom. The number of allylic oxidation sites excluding steroid dienone is 4. The fourth-order valence-electron chi connectivity index (χ4n) is 6.15. The Balaban J connectivity index is 1.87. The van der Waals surface area contributed by atoms with Crippen molar-refractivity contribution in [2.45, 2.75) is 73.6 Å². The normalized spacial score (nSPS) is 16.4. The molecule has 0 saturated heterocycles. The van der Waals surface area contributed by atoms with E-state index < -0.39 is 21.0 Å². The third kappa shape index (κ3) is 5.01. The predicted octanol–water partition coefficient (Wildman–Crippen LogP) is 9.76. The van der Waals surface area contributed by atoms with Gasteiger partial charge in [-0.3, -0.25) is 0 Å². The van der Waals surface area contributed by atoms with Crippen molar-refractivity contribution in [3.63, 3.8) is 0 Å². The molecule has 0 spiro atoms. The molecule has 0 radical (unpaired) electrons. The van der Waals surface area contributed by atoms with Gasteiger partial charge >= 0.3 is 234 Å². The van der Waals surface area contributed by atoms with Crippen molar-refractivity contribution in [1.29, 1.82) is 0 Å². The molecule has 0 nitrogen and oxygen atoms in total. The standard InChI is InChI=1S/C21H25.C10H12.C5H5.Hf/c1-20(2,3)16-7-9-18-14(12-16)11-15-13-17(21(4,5)6)8-10-19(15)18;1-9(2)8-10-6-4-3-5-7-10;1-2-4-5-3-1;/h7-13H,1-6H3;3-7,9H,1-2H3;1-5H;. The van der Waals surface area contributed by atoms with Gasteiger partial charge in [-0.2, -0.15) is 0 Å². The summed E-state index contributed by atoms with van der Waals surface area (Å²) >= 11 is -2.67. The molecule has 0 aliphatic heterocycles. The Morgan fingerprint density at radius 1 is 0.676 bits per heavy atom. The van der Waals surface area contributed by atoms with Crippen LogP contribution in [0.3, 0.4) is 0 Å². The molecule has 0 unspecified atom stereocenters. The summed E-state index contributed by atoms with van der Waals surface area (Å²) in [6.07, 6.45) is 9.64. The van der Waals surface area contributed by atoms with Crippen LogP contribution in [0.5, 0.6) is 0 Å². The maximum atomic E-state index is 2.59. The van der Waals surface area contributed by atoms with Gasteiger partial charge in [0, 0.05) is 0 Å². The third-order valence-corrected chi connectivity index (χ3v) is 21.9. The van der Waals surface area contributed by atoms with Gasteiger partial charge in [0.05, 0.1) is 0 Å². The van der Waals surface area contributed by atoms with E-state index in [4.69, 9.17) is 0 Å². The van der Waals surface area contributed by atoms with Crippen LogP contribution in [0.2, 0.25) is 3.67 Å². The van der Waals surface area contributed by atoms with Crippen LogP contribution in [0.25, 0.3) is 11.1 Å². The topological polar surface area (TPSA) is 0 Å². The SMILES string of the molecule is CC(C)[C](c1ccccc1)=[Hf]([CH]1C=CC=C1)[CH]1c2cc(C(C)(C)C)ccc2-c2ccc(C(C)(C)C)cc21. The van der Waals surface area contributed by atoms with Crippen LogP contribution in [0.15, 0.2) is 91.0 Å². The van der Waals surface area contributed by atoms with E-state index >= 15 is 0 Å². The minimum atomic E-state index is -2.67. The van der Waals surface area contributed by atoms with Crippen LogP contribution in [0.4, 0.5) is 0 Å². The molecule has 0 amide bonds. The van der Waals surface area contributed by atoms with Crippen molar-refractivity contribution in [2.75, 3.05) is 0 Å². The van der Waals surface area contributed by atoms with E-state index in [-0.39, 0.29) is 10.8 Å². The van der Waals surface area contributed by atoms with Crippen LogP contribution in [-0.4, -0.2) is 3.26 Å². The predicted molar refractivity (Wildman–Crippen MR) is 159 cm³/mol. The molecule has 0 saturated carbocycles. The number of benzene rings is 3. The van der Waals surface area contributed by atoms with Crippen LogP contribution in [-0.2, 0) is 31.8 Å². The molecule has 190 valence electrons. The van der Waals surface area contributed by atoms with Gasteiger partial charge in [-0.1, -0.05) is 0 Å². The zero-order chi connectivity index (χ0) is 26.5. The van der Waals surface area contributed by atoms with Gasteiger partial charge in [-0.25, -0.2) is 0 Å². The summed E-state index contributed by atoms with van der Waals surface area (Å²) < 4.78 is 2.88. The summed E-state index contributed by atoms with van der Waals surface area (Å²) in [5.41, 5.74) is 10.8. The first kappa shape index (κ1) is 26.5. The first-order chi connectivity index (χ1) is 17.5. The number of rotatable bonds is 4. The van der Waals surface area contributed by atoms with Crippen LogP contribution in [0.1, 0.15) is 86.9 Å². The van der Waals surface area contributed by atoms with Crippen LogP contribution in [0, 0.1) is 5.92 Å². The second kappa shape index (κ2) is 9.88. The van der Waals surface area contributed by atoms with Crippen molar-refractivity contribution in [3.05, 3.63) is 119 Å². The Morgan fingerprint density at radius 3 is 1.59 bits per heavy atom. The second-order valence-corrected chi connectivity index (χ2v) is 22.9. The fraction of sp³-hybridized carbons (Fsp3) is 0.361. The third-order valence-electron chi connectivity index (χ3n) is 8.14. The summed E-state index contributed by atoms with van der Waals surface area (Å²) in [6, 6.07) is 26.2. The van der Waals surface area contributed by atoms with Crippen LogP contribution >= 0.6 is 0 Å². The molecule has 3 aromatic carbocycles. The van der Waals surface area contributed by atoms with Gasteiger partial charge in [0.15, 0.2) is 0 Å². The first-order valence-electron chi connectivity index (χ1n) is 13.9. The molecular weight excluding hydrogens is 611 g/mol. The summed E-state index contributed by atoms with van der Waals surface area (Å²) in [7, 11) is 0. The van der Waals surface area contributed by atoms with Crippen molar-refractivity contribution in [3.8, 4) is 11.1 Å². The average molecular weight is 653 g/mol. The first-order valence-corrected chi connectivity index (χ1v) is 19.8. The van der Waals surface area contributed by atoms with E-state index in [1.807, 2.05) is 0 Å². The number of hydrogen-bond donors (Lipinski definition) is 0. The van der Waals surface area contributed by atoms with E-state index in [9.17, 15) is 0 Å². The Bertz CT molecular complexity index is 1330. The van der Waals surface area contributed by atoms with Gasteiger partial charge in [-0.15, -0.1) is 0 Å². The van der Waals surface area contributed by atoms with Crippen molar-refractivity contribution >= 4 is 3.26 Å². The average Bonchev–Trinajstić information content (AvgIpc) is 3.47. The molecule has 0 fully saturated rings. The molecule has 37 heavy (non-hydrogen) atoms. The molecule has 0 aromatic heterocycles. The molecular formula is C36H42Hf. The van der Waals surface area contributed by atoms with Gasteiger partial charge in [0.2, 0.25) is 0 Å². The molecule has 2 aliphatic carbocycles. The molecule has 0 atom stereocenters. The summed E-state index contributed by atoms with van der Waals surface area (Å²) in [5.74, 6) is 0.538. The molecule has 5 rings (SSSR count). The minimum absolute atomic E-state index is 0.132. The van der Waals surface area contributed by atoms with Crippen molar-refractivity contribution in [1.82, 2.24) is 0 Å². The Labute approximate surface area is 232 Å². The molecule has 2 aliphatic rings. The number of hydrogen-bond acceptors (Lipinski definition) is 0. The summed E-state index contributed by atoms with van der Waals surface area (Å²) in [5, 5.41) is 0. The monoisotopic (exact) mass is 654 g/mol. The van der Waals surface area contributed by atoms with Gasteiger partial charge in [-0.05, 0) is 0 Å². The zero-order valence-corrected chi connectivity index (χ0v) is 27.5. The Kier molecular flexibility index (Phi) is 7.07.